The van der Waals surface area contributed by atoms with Gasteiger partial charge in [-0.3, -0.25) is 4.57 Å². The highest BCUT2D eigenvalue weighted by molar-refractivity contribution is 6.10. The minimum absolute atomic E-state index is 0.00204. The van der Waals surface area contributed by atoms with Crippen LogP contribution in [0.4, 0.5) is 22.7 Å². The molecule has 9 rings (SSSR count). The number of pyridine rings is 1. The van der Waals surface area contributed by atoms with E-state index in [-0.39, 0.29) is 27.1 Å². The Morgan fingerprint density at radius 1 is 0.433 bits per heavy atom. The molecule has 6 aromatic carbocycles. The van der Waals surface area contributed by atoms with Crippen LogP contribution in [0, 0.1) is 0 Å². The minimum Gasteiger partial charge on any atom is -0.457 e. The highest BCUT2D eigenvalue weighted by Crippen LogP contribution is 2.49. The van der Waals surface area contributed by atoms with Crippen molar-refractivity contribution < 1.29 is 4.74 Å². The first kappa shape index (κ1) is 45.8. The summed E-state index contributed by atoms with van der Waals surface area (Å²) in [5.41, 5.74) is 15.5. The van der Waals surface area contributed by atoms with Crippen molar-refractivity contribution in [3.05, 3.63) is 167 Å². The third-order valence-corrected chi connectivity index (χ3v) is 13.7. The summed E-state index contributed by atoms with van der Waals surface area (Å²) in [7, 11) is 0. The third-order valence-electron chi connectivity index (χ3n) is 13.7. The Morgan fingerprint density at radius 2 is 1.07 bits per heavy atom. The maximum Gasteiger partial charge on any atom is 0.137 e. The van der Waals surface area contributed by atoms with Crippen LogP contribution in [-0.4, -0.2) is 16.2 Å². The zero-order chi connectivity index (χ0) is 48.0. The lowest BCUT2D eigenvalue weighted by Crippen LogP contribution is -2.24. The zero-order valence-electron chi connectivity index (χ0n) is 42.7. The third kappa shape index (κ3) is 8.86. The van der Waals surface area contributed by atoms with Crippen molar-refractivity contribution in [2.45, 2.75) is 131 Å². The van der Waals surface area contributed by atoms with E-state index in [1.165, 1.54) is 61.2 Å². The van der Waals surface area contributed by atoms with Crippen molar-refractivity contribution in [3.8, 4) is 28.4 Å². The van der Waals surface area contributed by atoms with Crippen LogP contribution in [-0.2, 0) is 27.1 Å². The highest BCUT2D eigenvalue weighted by Gasteiger charge is 2.32. The van der Waals surface area contributed by atoms with E-state index in [1.54, 1.807) is 0 Å². The van der Waals surface area contributed by atoms with E-state index in [9.17, 15) is 0 Å². The van der Waals surface area contributed by atoms with Gasteiger partial charge in [-0.1, -0.05) is 152 Å². The predicted octanol–water partition coefficient (Wildman–Crippen LogP) is 17.4. The number of fused-ring (bicyclic) bond motifs is 4. The molecule has 0 amide bonds. The van der Waals surface area contributed by atoms with Gasteiger partial charge in [-0.05, 0) is 139 Å². The Bertz CT molecular complexity index is 3170. The zero-order valence-corrected chi connectivity index (χ0v) is 42.7. The number of hydrogen-bond acceptors (Lipinski definition) is 4. The highest BCUT2D eigenvalue weighted by atomic mass is 16.5. The molecule has 5 heteroatoms. The van der Waals surface area contributed by atoms with Crippen LogP contribution in [0.3, 0.4) is 0 Å². The first-order valence-corrected chi connectivity index (χ1v) is 24.1. The second-order valence-corrected chi connectivity index (χ2v) is 24.0. The first-order chi connectivity index (χ1) is 31.3. The van der Waals surface area contributed by atoms with E-state index in [4.69, 9.17) is 9.72 Å². The monoisotopic (exact) mass is 887 g/mol. The van der Waals surface area contributed by atoms with Crippen molar-refractivity contribution in [3.63, 3.8) is 0 Å². The molecule has 8 aromatic rings. The lowest BCUT2D eigenvalue weighted by Gasteiger charge is -2.26. The summed E-state index contributed by atoms with van der Waals surface area (Å²) in [5, 5.41) is 2.38. The number of rotatable bonds is 6. The molecule has 344 valence electrons. The molecule has 0 aliphatic carbocycles. The molecule has 5 nitrogen and oxygen atoms in total. The van der Waals surface area contributed by atoms with Crippen molar-refractivity contribution >= 4 is 44.6 Å². The topological polar surface area (TPSA) is 33.5 Å². The maximum absolute atomic E-state index is 7.17. The second-order valence-electron chi connectivity index (χ2n) is 24.0. The summed E-state index contributed by atoms with van der Waals surface area (Å²) < 4.78 is 9.49. The lowest BCUT2D eigenvalue weighted by molar-refractivity contribution is 0.483. The Hall–Kier alpha value is -6.33. The Morgan fingerprint density at radius 3 is 1.78 bits per heavy atom. The molecule has 1 aliphatic heterocycles. The fraction of sp³-hybridized carbons (Fsp3) is 0.339. The van der Waals surface area contributed by atoms with E-state index >= 15 is 0 Å². The van der Waals surface area contributed by atoms with Gasteiger partial charge in [0.05, 0.1) is 22.4 Å². The fourth-order valence-corrected chi connectivity index (χ4v) is 9.57. The lowest BCUT2D eigenvalue weighted by atomic mass is 9.82. The molecule has 3 heterocycles. The van der Waals surface area contributed by atoms with Crippen LogP contribution < -0.4 is 14.5 Å². The predicted molar refractivity (Wildman–Crippen MR) is 286 cm³/mol. The van der Waals surface area contributed by atoms with Gasteiger partial charge >= 0.3 is 0 Å². The molecule has 0 atom stereocenters. The molecule has 0 radical (unpaired) electrons. The van der Waals surface area contributed by atoms with Crippen LogP contribution in [0.5, 0.6) is 11.5 Å². The molecule has 0 N–H and O–H groups in total. The molecule has 67 heavy (non-hydrogen) atoms. The fourth-order valence-electron chi connectivity index (χ4n) is 9.57. The molecule has 0 saturated heterocycles. The van der Waals surface area contributed by atoms with Gasteiger partial charge < -0.3 is 14.5 Å². The van der Waals surface area contributed by atoms with Crippen molar-refractivity contribution in [2.75, 3.05) is 16.5 Å². The van der Waals surface area contributed by atoms with Gasteiger partial charge in [-0.15, -0.1) is 0 Å². The molecular weight excluding hydrogens is 817 g/mol. The van der Waals surface area contributed by atoms with Crippen LogP contribution in [0.1, 0.15) is 132 Å². The van der Waals surface area contributed by atoms with Gasteiger partial charge in [0.2, 0.25) is 0 Å². The van der Waals surface area contributed by atoms with Crippen LogP contribution in [0.25, 0.3) is 38.8 Å². The van der Waals surface area contributed by atoms with Gasteiger partial charge in [0.1, 0.15) is 24.0 Å². The number of ether oxygens (including phenoxy) is 1. The van der Waals surface area contributed by atoms with E-state index in [0.717, 1.165) is 39.6 Å². The average Bonchev–Trinajstić information content (AvgIpc) is 3.80. The number of anilines is 4. The minimum atomic E-state index is -0.0754. The summed E-state index contributed by atoms with van der Waals surface area (Å²) in [6.45, 7) is 34.9. The number of aromatic nitrogens is 2. The van der Waals surface area contributed by atoms with Crippen LogP contribution >= 0.6 is 0 Å². The Balaban J connectivity index is 1.23. The van der Waals surface area contributed by atoms with Gasteiger partial charge in [0, 0.05) is 40.5 Å². The molecule has 0 spiro atoms. The molecule has 0 bridgehead atoms. The van der Waals surface area contributed by atoms with E-state index in [0.29, 0.717) is 6.67 Å². The van der Waals surface area contributed by atoms with Gasteiger partial charge in [-0.25, -0.2) is 4.98 Å². The molecule has 0 unspecified atom stereocenters. The SMILES string of the molecule is CC(C)(C)c1cccc(N2CN(c3cc(Oc4ccc5c6cc(C(C)(C)C)ccc6n(-c6cc(C(C)(C)C)ccn6)c5c4)cc(-c4ccccc4C(C)(C)C)c3)c3cc(C(C)(C)C)ccc32)c1. The van der Waals surface area contributed by atoms with E-state index in [1.807, 2.05) is 6.20 Å². The molecule has 1 aliphatic rings. The van der Waals surface area contributed by atoms with Crippen molar-refractivity contribution in [1.82, 2.24) is 9.55 Å². The first-order valence-electron chi connectivity index (χ1n) is 24.1. The second kappa shape index (κ2) is 16.2. The largest absolute Gasteiger partial charge is 0.457 e. The number of hydrogen-bond donors (Lipinski definition) is 0. The standard InChI is InChI=1S/C62H70N4O/c1-58(2,3)41-19-18-20-45(33-41)64-39-65(56-35-43(60(7,8)9)24-28-54(56)64)46-31-40(49-21-16-17-22-52(49)62(13,14)15)32-48(37-46)67-47-25-26-50-51-34-42(59(4,5)6)23-27-53(51)66(55(50)38-47)57-36-44(29-30-63-57)61(10,11)12/h16-38H,39H2,1-15H3. The summed E-state index contributed by atoms with van der Waals surface area (Å²) in [4.78, 5) is 9.95. The molecule has 0 saturated carbocycles. The van der Waals surface area contributed by atoms with Crippen molar-refractivity contribution in [2.24, 2.45) is 0 Å². The molecular formula is C62H70N4O. The Kier molecular flexibility index (Phi) is 11.1. The van der Waals surface area contributed by atoms with Gasteiger partial charge in [0.25, 0.3) is 0 Å². The normalized spacial score (nSPS) is 13.8. The van der Waals surface area contributed by atoms with E-state index in [2.05, 4.69) is 252 Å². The molecule has 2 aromatic heterocycles. The quantitative estimate of drug-likeness (QED) is 0.167. The van der Waals surface area contributed by atoms with Crippen LogP contribution in [0.2, 0.25) is 0 Å². The summed E-state index contributed by atoms with van der Waals surface area (Å²) in [6.07, 6.45) is 1.95. The summed E-state index contributed by atoms with van der Waals surface area (Å²) >= 11 is 0. The number of benzene rings is 6. The average molecular weight is 887 g/mol. The Labute approximate surface area is 400 Å². The van der Waals surface area contributed by atoms with Crippen molar-refractivity contribution in [1.29, 1.82) is 0 Å². The van der Waals surface area contributed by atoms with Crippen LogP contribution in [0.15, 0.2) is 140 Å². The summed E-state index contributed by atoms with van der Waals surface area (Å²) in [6, 6.07) is 49.6. The summed E-state index contributed by atoms with van der Waals surface area (Å²) in [5.74, 6) is 2.45. The van der Waals surface area contributed by atoms with Gasteiger partial charge in [0.15, 0.2) is 0 Å². The smallest absolute Gasteiger partial charge is 0.137 e. The van der Waals surface area contributed by atoms with E-state index < -0.39 is 0 Å². The van der Waals surface area contributed by atoms with Gasteiger partial charge in [-0.2, -0.15) is 0 Å². The maximum atomic E-state index is 7.17. The molecule has 0 fully saturated rings. The number of nitrogens with zero attached hydrogens (tertiary/aromatic N) is 4.